The number of amides is 1. The maximum atomic E-state index is 12.8. The summed E-state index contributed by atoms with van der Waals surface area (Å²) in [4.78, 5) is 21.2. The predicted molar refractivity (Wildman–Crippen MR) is 114 cm³/mol. The maximum Gasteiger partial charge on any atom is 0.416 e. The lowest BCUT2D eigenvalue weighted by Gasteiger charge is -2.22. The minimum absolute atomic E-state index is 0.00529. The summed E-state index contributed by atoms with van der Waals surface area (Å²) in [7, 11) is 0. The zero-order valence-electron chi connectivity index (χ0n) is 17.5. The van der Waals surface area contributed by atoms with Crippen molar-refractivity contribution in [1.82, 2.24) is 14.8 Å². The van der Waals surface area contributed by atoms with Gasteiger partial charge in [-0.15, -0.1) is 0 Å². The molecule has 168 valence electrons. The molecule has 2 aromatic carbocycles. The van der Waals surface area contributed by atoms with Crippen LogP contribution in [-0.4, -0.2) is 46.9 Å². The van der Waals surface area contributed by atoms with E-state index in [1.54, 1.807) is 0 Å². The van der Waals surface area contributed by atoms with Crippen molar-refractivity contribution >= 4 is 5.91 Å². The molecule has 3 aromatic rings. The molecule has 1 amide bonds. The summed E-state index contributed by atoms with van der Waals surface area (Å²) in [5.74, 6) is 0.487. The lowest BCUT2D eigenvalue weighted by Crippen LogP contribution is -2.36. The van der Waals surface area contributed by atoms with Crippen molar-refractivity contribution in [3.63, 3.8) is 0 Å². The van der Waals surface area contributed by atoms with Crippen LogP contribution in [0.15, 0.2) is 65.3 Å². The summed E-state index contributed by atoms with van der Waals surface area (Å²) < 4.78 is 43.7. The van der Waals surface area contributed by atoms with Gasteiger partial charge in [0.15, 0.2) is 0 Å². The summed E-state index contributed by atoms with van der Waals surface area (Å²) in [6.45, 7) is 3.23. The Labute approximate surface area is 184 Å². The van der Waals surface area contributed by atoms with Gasteiger partial charge < -0.3 is 9.32 Å². The first kappa shape index (κ1) is 22.1. The largest absolute Gasteiger partial charge is 0.444 e. The van der Waals surface area contributed by atoms with Crippen LogP contribution in [0.2, 0.25) is 0 Å². The van der Waals surface area contributed by atoms with Crippen LogP contribution < -0.4 is 0 Å². The van der Waals surface area contributed by atoms with Gasteiger partial charge in [-0.25, -0.2) is 4.98 Å². The lowest BCUT2D eigenvalue weighted by atomic mass is 10.1. The third kappa shape index (κ3) is 5.56. The predicted octanol–water partition coefficient (Wildman–Crippen LogP) is 4.64. The fraction of sp³-hybridized carbons (Fsp3) is 0.333. The van der Waals surface area contributed by atoms with E-state index in [-0.39, 0.29) is 12.3 Å². The SMILES string of the molecule is O=C(Cc1coc(-c2ccccc2)n1)N1CCCN(Cc2ccc(C(F)(F)F)cc2)CC1. The number of alkyl halides is 3. The molecule has 8 heteroatoms. The zero-order chi connectivity index (χ0) is 22.6. The molecule has 1 aliphatic heterocycles. The van der Waals surface area contributed by atoms with Crippen LogP contribution in [0, 0.1) is 0 Å². The normalized spacial score (nSPS) is 15.5. The number of oxazole rings is 1. The lowest BCUT2D eigenvalue weighted by molar-refractivity contribution is -0.137. The Morgan fingerprint density at radius 2 is 1.72 bits per heavy atom. The average Bonchev–Trinajstić information content (AvgIpc) is 3.12. The summed E-state index contributed by atoms with van der Waals surface area (Å²) in [5, 5.41) is 0. The fourth-order valence-corrected chi connectivity index (χ4v) is 3.80. The number of hydrogen-bond donors (Lipinski definition) is 0. The highest BCUT2D eigenvalue weighted by atomic mass is 19.4. The molecule has 1 fully saturated rings. The molecule has 0 N–H and O–H groups in total. The van der Waals surface area contributed by atoms with Crippen molar-refractivity contribution < 1.29 is 22.4 Å². The Morgan fingerprint density at radius 3 is 2.44 bits per heavy atom. The van der Waals surface area contributed by atoms with Gasteiger partial charge in [0, 0.05) is 38.3 Å². The van der Waals surface area contributed by atoms with E-state index in [1.807, 2.05) is 35.2 Å². The Balaban J connectivity index is 1.30. The number of carbonyl (C=O) groups excluding carboxylic acids is 1. The summed E-state index contributed by atoms with van der Waals surface area (Å²) in [6, 6.07) is 14.8. The van der Waals surface area contributed by atoms with Gasteiger partial charge >= 0.3 is 6.18 Å². The van der Waals surface area contributed by atoms with E-state index < -0.39 is 11.7 Å². The quantitative estimate of drug-likeness (QED) is 0.577. The van der Waals surface area contributed by atoms with Crippen molar-refractivity contribution in [3.8, 4) is 11.5 Å². The number of nitrogens with zero attached hydrogens (tertiary/aromatic N) is 3. The molecular formula is C24H24F3N3O2. The third-order valence-corrected chi connectivity index (χ3v) is 5.53. The second-order valence-corrected chi connectivity index (χ2v) is 7.89. The van der Waals surface area contributed by atoms with Crippen molar-refractivity contribution in [2.75, 3.05) is 26.2 Å². The second-order valence-electron chi connectivity index (χ2n) is 7.89. The summed E-state index contributed by atoms with van der Waals surface area (Å²) in [6.07, 6.45) is -1.82. The van der Waals surface area contributed by atoms with Crippen LogP contribution in [0.4, 0.5) is 13.2 Å². The molecule has 0 aliphatic carbocycles. The number of rotatable bonds is 5. The van der Waals surface area contributed by atoms with Crippen LogP contribution in [-0.2, 0) is 23.9 Å². The van der Waals surface area contributed by atoms with Crippen LogP contribution in [0.1, 0.15) is 23.2 Å². The Bertz CT molecular complexity index is 1030. The molecule has 5 nitrogen and oxygen atoms in total. The zero-order valence-corrected chi connectivity index (χ0v) is 17.5. The van der Waals surface area contributed by atoms with Gasteiger partial charge in [-0.1, -0.05) is 30.3 Å². The topological polar surface area (TPSA) is 49.6 Å². The molecule has 1 aliphatic rings. The van der Waals surface area contributed by atoms with Crippen molar-refractivity contribution in [2.24, 2.45) is 0 Å². The summed E-state index contributed by atoms with van der Waals surface area (Å²) in [5.41, 5.74) is 1.64. The highest BCUT2D eigenvalue weighted by Crippen LogP contribution is 2.29. The minimum atomic E-state index is -4.33. The molecular weight excluding hydrogens is 419 g/mol. The van der Waals surface area contributed by atoms with Crippen LogP contribution in [0.3, 0.4) is 0 Å². The van der Waals surface area contributed by atoms with Gasteiger partial charge in [-0.05, 0) is 36.2 Å². The highest BCUT2D eigenvalue weighted by Gasteiger charge is 2.30. The van der Waals surface area contributed by atoms with E-state index in [2.05, 4.69) is 9.88 Å². The van der Waals surface area contributed by atoms with Gasteiger partial charge in [-0.2, -0.15) is 13.2 Å². The van der Waals surface area contributed by atoms with E-state index in [9.17, 15) is 18.0 Å². The molecule has 0 saturated carbocycles. The number of benzene rings is 2. The molecule has 0 atom stereocenters. The molecule has 1 saturated heterocycles. The average molecular weight is 443 g/mol. The van der Waals surface area contributed by atoms with E-state index in [0.717, 1.165) is 36.2 Å². The number of aromatic nitrogens is 1. The molecule has 0 radical (unpaired) electrons. The van der Waals surface area contributed by atoms with E-state index in [4.69, 9.17) is 4.42 Å². The van der Waals surface area contributed by atoms with Crippen LogP contribution in [0.25, 0.3) is 11.5 Å². The van der Waals surface area contributed by atoms with Crippen molar-refractivity contribution in [2.45, 2.75) is 25.6 Å². The van der Waals surface area contributed by atoms with Gasteiger partial charge in [0.05, 0.1) is 17.7 Å². The Hall–Kier alpha value is -3.13. The second kappa shape index (κ2) is 9.56. The monoisotopic (exact) mass is 443 g/mol. The van der Waals surface area contributed by atoms with E-state index in [0.29, 0.717) is 37.8 Å². The van der Waals surface area contributed by atoms with E-state index in [1.165, 1.54) is 18.4 Å². The third-order valence-electron chi connectivity index (χ3n) is 5.53. The smallest absolute Gasteiger partial charge is 0.416 e. The van der Waals surface area contributed by atoms with Gasteiger partial charge in [0.1, 0.15) is 6.26 Å². The number of hydrogen-bond acceptors (Lipinski definition) is 4. The van der Waals surface area contributed by atoms with Gasteiger partial charge in [0.25, 0.3) is 0 Å². The standard InChI is InChI=1S/C24H24F3N3O2/c25-24(26,27)20-9-7-18(8-10-20)16-29-11-4-12-30(14-13-29)22(31)15-21-17-32-23(28-21)19-5-2-1-3-6-19/h1-3,5-10,17H,4,11-16H2. The maximum absolute atomic E-state index is 12.8. The Morgan fingerprint density at radius 1 is 0.969 bits per heavy atom. The van der Waals surface area contributed by atoms with Crippen LogP contribution >= 0.6 is 0 Å². The number of halogens is 3. The highest BCUT2D eigenvalue weighted by molar-refractivity contribution is 5.78. The molecule has 0 unspecified atom stereocenters. The first-order chi connectivity index (χ1) is 15.4. The number of carbonyl (C=O) groups is 1. The molecule has 32 heavy (non-hydrogen) atoms. The first-order valence-electron chi connectivity index (χ1n) is 10.5. The summed E-state index contributed by atoms with van der Waals surface area (Å²) >= 11 is 0. The van der Waals surface area contributed by atoms with E-state index >= 15 is 0 Å². The molecule has 0 bridgehead atoms. The van der Waals surface area contributed by atoms with Crippen LogP contribution in [0.5, 0.6) is 0 Å². The first-order valence-corrected chi connectivity index (χ1v) is 10.5. The Kier molecular flexibility index (Phi) is 6.60. The molecule has 4 rings (SSSR count). The molecule has 2 heterocycles. The van der Waals surface area contributed by atoms with Crippen molar-refractivity contribution in [3.05, 3.63) is 77.7 Å². The molecule has 1 aromatic heterocycles. The molecule has 0 spiro atoms. The van der Waals surface area contributed by atoms with Gasteiger partial charge in [0.2, 0.25) is 11.8 Å². The fourth-order valence-electron chi connectivity index (χ4n) is 3.80. The van der Waals surface area contributed by atoms with Gasteiger partial charge in [-0.3, -0.25) is 9.69 Å². The van der Waals surface area contributed by atoms with Crippen molar-refractivity contribution in [1.29, 1.82) is 0 Å². The minimum Gasteiger partial charge on any atom is -0.444 e.